The van der Waals surface area contributed by atoms with E-state index >= 15 is 0 Å². The van der Waals surface area contributed by atoms with Crippen molar-refractivity contribution in [1.29, 1.82) is 0 Å². The predicted molar refractivity (Wildman–Crippen MR) is 57.7 cm³/mol. The fraction of sp³-hybridized carbons (Fsp3) is 1.00. The van der Waals surface area contributed by atoms with Gasteiger partial charge in [-0.25, -0.2) is 0 Å². The van der Waals surface area contributed by atoms with Crippen molar-refractivity contribution in [1.82, 2.24) is 4.90 Å². The molecule has 0 bridgehead atoms. The number of hydrogen-bond acceptors (Lipinski definition) is 2. The Hall–Kier alpha value is -0.0800. The molecule has 0 radical (unpaired) electrons. The van der Waals surface area contributed by atoms with Gasteiger partial charge in [-0.1, -0.05) is 19.3 Å². The second kappa shape index (κ2) is 4.43. The van der Waals surface area contributed by atoms with E-state index in [2.05, 4.69) is 25.8 Å². The summed E-state index contributed by atoms with van der Waals surface area (Å²) in [7, 11) is 2.19. The lowest BCUT2D eigenvalue weighted by Crippen LogP contribution is -2.47. The van der Waals surface area contributed by atoms with E-state index in [0.29, 0.717) is 0 Å². The predicted octanol–water partition coefficient (Wildman–Crippen LogP) is 1.85. The van der Waals surface area contributed by atoms with E-state index in [9.17, 15) is 0 Å². The molecule has 78 valence electrons. The van der Waals surface area contributed by atoms with Crippen LogP contribution >= 0.6 is 0 Å². The Labute approximate surface area is 82.5 Å². The minimum atomic E-state index is 0.170. The van der Waals surface area contributed by atoms with Gasteiger partial charge in [0.2, 0.25) is 0 Å². The maximum Gasteiger partial charge on any atom is 0.0272 e. The van der Waals surface area contributed by atoms with Crippen molar-refractivity contribution in [3.63, 3.8) is 0 Å². The highest BCUT2D eigenvalue weighted by Gasteiger charge is 2.23. The summed E-state index contributed by atoms with van der Waals surface area (Å²) in [5.41, 5.74) is 5.89. The summed E-state index contributed by atoms with van der Waals surface area (Å²) in [6, 6.07) is 0. The summed E-state index contributed by atoms with van der Waals surface area (Å²) in [5.74, 6) is 1.01. The SMILES string of the molecule is CN(CCC1CCC1)C(C)(C)CN. The van der Waals surface area contributed by atoms with Gasteiger partial charge in [-0.2, -0.15) is 0 Å². The van der Waals surface area contributed by atoms with Crippen LogP contribution in [0.25, 0.3) is 0 Å². The lowest BCUT2D eigenvalue weighted by atomic mass is 9.82. The quantitative estimate of drug-likeness (QED) is 0.706. The van der Waals surface area contributed by atoms with Crippen LogP contribution in [-0.2, 0) is 0 Å². The van der Waals surface area contributed by atoms with Gasteiger partial charge in [0.25, 0.3) is 0 Å². The molecule has 0 spiro atoms. The van der Waals surface area contributed by atoms with Crippen LogP contribution in [0.4, 0.5) is 0 Å². The summed E-state index contributed by atoms with van der Waals surface area (Å²) in [6.45, 7) is 6.38. The van der Waals surface area contributed by atoms with Crippen molar-refractivity contribution in [3.05, 3.63) is 0 Å². The summed E-state index contributed by atoms with van der Waals surface area (Å²) < 4.78 is 0. The molecule has 0 amide bonds. The zero-order valence-corrected chi connectivity index (χ0v) is 9.34. The van der Waals surface area contributed by atoms with E-state index in [1.807, 2.05) is 0 Å². The van der Waals surface area contributed by atoms with Crippen molar-refractivity contribution in [2.24, 2.45) is 11.7 Å². The number of likely N-dealkylation sites (N-methyl/N-ethyl adjacent to an activating group) is 1. The van der Waals surface area contributed by atoms with Gasteiger partial charge in [0, 0.05) is 12.1 Å². The molecule has 1 rings (SSSR count). The Balaban J connectivity index is 2.19. The van der Waals surface area contributed by atoms with Crippen LogP contribution in [0.5, 0.6) is 0 Å². The molecule has 1 fully saturated rings. The molecule has 0 saturated heterocycles. The first-order chi connectivity index (χ1) is 6.06. The fourth-order valence-corrected chi connectivity index (χ4v) is 1.62. The summed E-state index contributed by atoms with van der Waals surface area (Å²) >= 11 is 0. The van der Waals surface area contributed by atoms with Gasteiger partial charge in [0.1, 0.15) is 0 Å². The first-order valence-corrected chi connectivity index (χ1v) is 5.47. The van der Waals surface area contributed by atoms with Gasteiger partial charge in [-0.05, 0) is 39.8 Å². The molecule has 1 aliphatic carbocycles. The van der Waals surface area contributed by atoms with Gasteiger partial charge in [-0.3, -0.25) is 4.90 Å². The number of nitrogens with two attached hydrogens (primary N) is 1. The average Bonchev–Trinajstić information content (AvgIpc) is 2.01. The van der Waals surface area contributed by atoms with Crippen LogP contribution in [0, 0.1) is 5.92 Å². The molecule has 2 N–H and O–H groups in total. The minimum Gasteiger partial charge on any atom is -0.329 e. The zero-order valence-electron chi connectivity index (χ0n) is 9.34. The molecule has 1 saturated carbocycles. The van der Waals surface area contributed by atoms with E-state index in [1.165, 1.54) is 32.2 Å². The second-order valence-electron chi connectivity index (χ2n) is 5.02. The summed E-state index contributed by atoms with van der Waals surface area (Å²) in [5, 5.41) is 0. The van der Waals surface area contributed by atoms with E-state index in [-0.39, 0.29) is 5.54 Å². The Bertz CT molecular complexity index is 150. The van der Waals surface area contributed by atoms with Gasteiger partial charge in [-0.15, -0.1) is 0 Å². The smallest absolute Gasteiger partial charge is 0.0272 e. The monoisotopic (exact) mass is 184 g/mol. The Kier molecular flexibility index (Phi) is 3.74. The van der Waals surface area contributed by atoms with Crippen LogP contribution in [0.3, 0.4) is 0 Å². The molecule has 0 heterocycles. The van der Waals surface area contributed by atoms with Crippen molar-refractivity contribution in [3.8, 4) is 0 Å². The molecule has 13 heavy (non-hydrogen) atoms. The van der Waals surface area contributed by atoms with Crippen LogP contribution in [0.2, 0.25) is 0 Å². The van der Waals surface area contributed by atoms with E-state index in [0.717, 1.165) is 12.5 Å². The Morgan fingerprint density at radius 1 is 1.38 bits per heavy atom. The van der Waals surface area contributed by atoms with Crippen molar-refractivity contribution >= 4 is 0 Å². The molecule has 0 aromatic rings. The highest BCUT2D eigenvalue weighted by molar-refractivity contribution is 4.81. The number of rotatable bonds is 5. The highest BCUT2D eigenvalue weighted by atomic mass is 15.2. The lowest BCUT2D eigenvalue weighted by Gasteiger charge is -2.36. The molecule has 2 heteroatoms. The third kappa shape index (κ3) is 2.96. The highest BCUT2D eigenvalue weighted by Crippen LogP contribution is 2.29. The van der Waals surface area contributed by atoms with Crippen LogP contribution in [0.1, 0.15) is 39.5 Å². The Morgan fingerprint density at radius 2 is 2.00 bits per heavy atom. The zero-order chi connectivity index (χ0) is 9.90. The van der Waals surface area contributed by atoms with E-state index in [4.69, 9.17) is 5.73 Å². The normalized spacial score (nSPS) is 19.2. The van der Waals surface area contributed by atoms with E-state index in [1.54, 1.807) is 0 Å². The van der Waals surface area contributed by atoms with Crippen molar-refractivity contribution < 1.29 is 0 Å². The van der Waals surface area contributed by atoms with Gasteiger partial charge >= 0.3 is 0 Å². The topological polar surface area (TPSA) is 29.3 Å². The first-order valence-electron chi connectivity index (χ1n) is 5.47. The maximum atomic E-state index is 5.72. The molecule has 0 aromatic carbocycles. The molecular formula is C11H24N2. The van der Waals surface area contributed by atoms with Gasteiger partial charge < -0.3 is 5.73 Å². The fourth-order valence-electron chi connectivity index (χ4n) is 1.62. The van der Waals surface area contributed by atoms with Crippen molar-refractivity contribution in [2.45, 2.75) is 45.1 Å². The summed E-state index contributed by atoms with van der Waals surface area (Å²) in [6.07, 6.45) is 5.72. The number of hydrogen-bond donors (Lipinski definition) is 1. The van der Waals surface area contributed by atoms with E-state index < -0.39 is 0 Å². The second-order valence-corrected chi connectivity index (χ2v) is 5.02. The molecule has 0 atom stereocenters. The first kappa shape index (κ1) is 11.0. The third-order valence-electron chi connectivity index (χ3n) is 3.63. The minimum absolute atomic E-state index is 0.170. The van der Waals surface area contributed by atoms with Crippen LogP contribution in [0.15, 0.2) is 0 Å². The van der Waals surface area contributed by atoms with Gasteiger partial charge in [0.05, 0.1) is 0 Å². The summed E-state index contributed by atoms with van der Waals surface area (Å²) in [4.78, 5) is 2.39. The molecule has 0 aromatic heterocycles. The van der Waals surface area contributed by atoms with Crippen LogP contribution < -0.4 is 5.73 Å². The molecule has 1 aliphatic rings. The molecule has 0 aliphatic heterocycles. The molecule has 0 unspecified atom stereocenters. The molecule has 2 nitrogen and oxygen atoms in total. The number of nitrogens with zero attached hydrogens (tertiary/aromatic N) is 1. The Morgan fingerprint density at radius 3 is 2.38 bits per heavy atom. The maximum absolute atomic E-state index is 5.72. The van der Waals surface area contributed by atoms with Gasteiger partial charge in [0.15, 0.2) is 0 Å². The average molecular weight is 184 g/mol. The lowest BCUT2D eigenvalue weighted by molar-refractivity contribution is 0.140. The standard InChI is InChI=1S/C11H24N2/c1-11(2,9-12)13(3)8-7-10-5-4-6-10/h10H,4-9,12H2,1-3H3. The van der Waals surface area contributed by atoms with Crippen molar-refractivity contribution in [2.75, 3.05) is 20.1 Å². The molecular weight excluding hydrogens is 160 g/mol. The largest absolute Gasteiger partial charge is 0.329 e. The third-order valence-corrected chi connectivity index (χ3v) is 3.63. The van der Waals surface area contributed by atoms with Crippen LogP contribution in [-0.4, -0.2) is 30.6 Å².